The second kappa shape index (κ2) is 6.08. The molecule has 16 heavy (non-hydrogen) atoms. The summed E-state index contributed by atoms with van der Waals surface area (Å²) in [7, 11) is 3.41. The van der Waals surface area contributed by atoms with Crippen LogP contribution in [0.3, 0.4) is 0 Å². The molecule has 0 N–H and O–H groups in total. The van der Waals surface area contributed by atoms with E-state index in [0.717, 1.165) is 18.7 Å². The zero-order valence-electron chi connectivity index (χ0n) is 9.77. The number of carbonyl (C=O) groups excluding carboxylic acids is 1. The number of carbonyl (C=O) groups is 1. The highest BCUT2D eigenvalue weighted by molar-refractivity contribution is 5.89. The molecule has 3 heteroatoms. The molecule has 0 saturated heterocycles. The van der Waals surface area contributed by atoms with Crippen molar-refractivity contribution in [3.63, 3.8) is 0 Å². The highest BCUT2D eigenvalue weighted by Crippen LogP contribution is 2.07. The smallest absolute Gasteiger partial charge is 0.337 e. The van der Waals surface area contributed by atoms with Crippen molar-refractivity contribution in [1.29, 1.82) is 0 Å². The lowest BCUT2D eigenvalue weighted by Gasteiger charge is -2.14. The Labute approximate surface area is 96.3 Å². The third-order valence-corrected chi connectivity index (χ3v) is 2.27. The summed E-state index contributed by atoms with van der Waals surface area (Å²) in [6.45, 7) is 5.37. The van der Waals surface area contributed by atoms with Crippen LogP contribution in [0.5, 0.6) is 0 Å². The average Bonchev–Trinajstić information content (AvgIpc) is 2.29. The molecule has 86 valence electrons. The number of methoxy groups -OCH3 is 1. The van der Waals surface area contributed by atoms with Gasteiger partial charge in [-0.15, -0.1) is 6.58 Å². The molecule has 0 spiro atoms. The van der Waals surface area contributed by atoms with Gasteiger partial charge in [0.2, 0.25) is 0 Å². The summed E-state index contributed by atoms with van der Waals surface area (Å²) in [5.74, 6) is -0.300. The van der Waals surface area contributed by atoms with Gasteiger partial charge in [-0.05, 0) is 24.7 Å². The van der Waals surface area contributed by atoms with Crippen LogP contribution in [0.2, 0.25) is 0 Å². The molecule has 0 saturated carbocycles. The lowest BCUT2D eigenvalue weighted by atomic mass is 10.1. The molecule has 0 fully saturated rings. The van der Waals surface area contributed by atoms with Gasteiger partial charge in [0.05, 0.1) is 12.7 Å². The van der Waals surface area contributed by atoms with Gasteiger partial charge in [-0.25, -0.2) is 4.79 Å². The van der Waals surface area contributed by atoms with Crippen LogP contribution in [0.4, 0.5) is 0 Å². The van der Waals surface area contributed by atoms with E-state index in [0.29, 0.717) is 5.56 Å². The molecule has 1 rings (SSSR count). The van der Waals surface area contributed by atoms with Crippen molar-refractivity contribution < 1.29 is 9.53 Å². The van der Waals surface area contributed by atoms with Gasteiger partial charge in [0.25, 0.3) is 0 Å². The molecule has 1 aromatic rings. The molecule has 0 bridgehead atoms. The number of ether oxygens (including phenoxy) is 1. The minimum atomic E-state index is -0.300. The first-order valence-electron chi connectivity index (χ1n) is 5.14. The van der Waals surface area contributed by atoms with E-state index in [4.69, 9.17) is 0 Å². The first-order chi connectivity index (χ1) is 7.67. The second-order valence-corrected chi connectivity index (χ2v) is 3.67. The van der Waals surface area contributed by atoms with Gasteiger partial charge in [-0.1, -0.05) is 18.2 Å². The van der Waals surface area contributed by atoms with Crippen LogP contribution in [0.25, 0.3) is 0 Å². The highest BCUT2D eigenvalue weighted by atomic mass is 16.5. The van der Waals surface area contributed by atoms with Crippen LogP contribution in [-0.4, -0.2) is 31.6 Å². The summed E-state index contributed by atoms with van der Waals surface area (Å²) in [4.78, 5) is 13.3. The van der Waals surface area contributed by atoms with Crippen LogP contribution in [0.15, 0.2) is 36.9 Å². The molecule has 0 aliphatic heterocycles. The first kappa shape index (κ1) is 12.5. The Bertz CT molecular complexity index is 357. The van der Waals surface area contributed by atoms with Crippen molar-refractivity contribution in [2.24, 2.45) is 0 Å². The van der Waals surface area contributed by atoms with Gasteiger partial charge in [0.1, 0.15) is 0 Å². The molecule has 0 aliphatic carbocycles. The predicted octanol–water partition coefficient (Wildman–Crippen LogP) is 2.09. The molecular formula is C13H17NO2. The maximum absolute atomic E-state index is 11.2. The SMILES string of the molecule is C=CCN(C)Cc1ccc(C(=O)OC)cc1. The van der Waals surface area contributed by atoms with Gasteiger partial charge < -0.3 is 4.74 Å². The zero-order valence-corrected chi connectivity index (χ0v) is 9.77. The van der Waals surface area contributed by atoms with Gasteiger partial charge >= 0.3 is 5.97 Å². The van der Waals surface area contributed by atoms with E-state index in [-0.39, 0.29) is 5.97 Å². The molecule has 1 aromatic carbocycles. The number of hydrogen-bond donors (Lipinski definition) is 0. The van der Waals surface area contributed by atoms with Crippen LogP contribution >= 0.6 is 0 Å². The normalized spacial score (nSPS) is 10.2. The Morgan fingerprint density at radius 1 is 1.44 bits per heavy atom. The van der Waals surface area contributed by atoms with E-state index >= 15 is 0 Å². The summed E-state index contributed by atoms with van der Waals surface area (Å²) in [5.41, 5.74) is 1.75. The Hall–Kier alpha value is -1.61. The van der Waals surface area contributed by atoms with Gasteiger partial charge in [-0.2, -0.15) is 0 Å². The zero-order chi connectivity index (χ0) is 12.0. The molecule has 3 nitrogen and oxygen atoms in total. The number of esters is 1. The fourth-order valence-corrected chi connectivity index (χ4v) is 1.46. The van der Waals surface area contributed by atoms with Gasteiger partial charge in [0, 0.05) is 13.1 Å². The van der Waals surface area contributed by atoms with E-state index in [1.165, 1.54) is 7.11 Å². The van der Waals surface area contributed by atoms with Crippen LogP contribution in [0.1, 0.15) is 15.9 Å². The average molecular weight is 219 g/mol. The molecule has 0 amide bonds. The number of rotatable bonds is 5. The summed E-state index contributed by atoms with van der Waals surface area (Å²) < 4.78 is 4.63. The molecule has 0 atom stereocenters. The Morgan fingerprint density at radius 2 is 2.06 bits per heavy atom. The van der Waals surface area contributed by atoms with E-state index in [2.05, 4.69) is 16.2 Å². The van der Waals surface area contributed by atoms with Crippen molar-refractivity contribution in [3.05, 3.63) is 48.0 Å². The van der Waals surface area contributed by atoms with Crippen molar-refractivity contribution in [2.75, 3.05) is 20.7 Å². The van der Waals surface area contributed by atoms with E-state index in [1.807, 2.05) is 25.3 Å². The summed E-state index contributed by atoms with van der Waals surface area (Å²) in [5, 5.41) is 0. The number of nitrogens with zero attached hydrogens (tertiary/aromatic N) is 1. The lowest BCUT2D eigenvalue weighted by molar-refractivity contribution is 0.0600. The van der Waals surface area contributed by atoms with Crippen molar-refractivity contribution >= 4 is 5.97 Å². The second-order valence-electron chi connectivity index (χ2n) is 3.67. The maximum atomic E-state index is 11.2. The maximum Gasteiger partial charge on any atom is 0.337 e. The molecule has 0 radical (unpaired) electrons. The van der Waals surface area contributed by atoms with E-state index < -0.39 is 0 Å². The predicted molar refractivity (Wildman–Crippen MR) is 64.3 cm³/mol. The van der Waals surface area contributed by atoms with Gasteiger partial charge in [0.15, 0.2) is 0 Å². The van der Waals surface area contributed by atoms with Crippen molar-refractivity contribution in [3.8, 4) is 0 Å². The minimum Gasteiger partial charge on any atom is -0.465 e. The topological polar surface area (TPSA) is 29.5 Å². The standard InChI is InChI=1S/C13H17NO2/c1-4-9-14(2)10-11-5-7-12(8-6-11)13(15)16-3/h4-8H,1,9-10H2,2-3H3. The monoisotopic (exact) mass is 219 g/mol. The molecule has 0 aliphatic rings. The molecule has 0 aromatic heterocycles. The first-order valence-corrected chi connectivity index (χ1v) is 5.14. The molecule has 0 heterocycles. The van der Waals surface area contributed by atoms with Crippen molar-refractivity contribution in [1.82, 2.24) is 4.90 Å². The number of hydrogen-bond acceptors (Lipinski definition) is 3. The van der Waals surface area contributed by atoms with Crippen LogP contribution in [-0.2, 0) is 11.3 Å². The summed E-state index contributed by atoms with van der Waals surface area (Å²) in [6, 6.07) is 7.43. The number of benzene rings is 1. The fourth-order valence-electron chi connectivity index (χ4n) is 1.46. The summed E-state index contributed by atoms with van der Waals surface area (Å²) in [6.07, 6.45) is 1.86. The molecular weight excluding hydrogens is 202 g/mol. The largest absolute Gasteiger partial charge is 0.465 e. The highest BCUT2D eigenvalue weighted by Gasteiger charge is 2.04. The Morgan fingerprint density at radius 3 is 2.56 bits per heavy atom. The van der Waals surface area contributed by atoms with Crippen molar-refractivity contribution in [2.45, 2.75) is 6.54 Å². The lowest BCUT2D eigenvalue weighted by Crippen LogP contribution is -2.17. The van der Waals surface area contributed by atoms with Crippen LogP contribution in [0, 0.1) is 0 Å². The van der Waals surface area contributed by atoms with E-state index in [9.17, 15) is 4.79 Å². The van der Waals surface area contributed by atoms with Gasteiger partial charge in [-0.3, -0.25) is 4.90 Å². The summed E-state index contributed by atoms with van der Waals surface area (Å²) >= 11 is 0. The van der Waals surface area contributed by atoms with Crippen LogP contribution < -0.4 is 0 Å². The Balaban J connectivity index is 2.64. The fraction of sp³-hybridized carbons (Fsp3) is 0.308. The third-order valence-electron chi connectivity index (χ3n) is 2.27. The van der Waals surface area contributed by atoms with E-state index in [1.54, 1.807) is 12.1 Å². The third kappa shape index (κ3) is 3.51. The number of likely N-dealkylation sites (N-methyl/N-ethyl adjacent to an activating group) is 1. The minimum absolute atomic E-state index is 0.300. The Kier molecular flexibility index (Phi) is 4.73. The molecule has 0 unspecified atom stereocenters. The quantitative estimate of drug-likeness (QED) is 0.561.